The lowest BCUT2D eigenvalue weighted by atomic mass is 9.94. The molecule has 1 aliphatic rings. The van der Waals surface area contributed by atoms with Crippen LogP contribution in [0.5, 0.6) is 0 Å². The van der Waals surface area contributed by atoms with Gasteiger partial charge in [0.05, 0.1) is 6.54 Å². The summed E-state index contributed by atoms with van der Waals surface area (Å²) < 4.78 is 13.7. The lowest BCUT2D eigenvalue weighted by Crippen LogP contribution is -2.46. The number of alkyl halides is 1. The van der Waals surface area contributed by atoms with Crippen molar-refractivity contribution >= 4 is 30.7 Å². The van der Waals surface area contributed by atoms with Crippen molar-refractivity contribution in [1.29, 1.82) is 0 Å². The van der Waals surface area contributed by atoms with E-state index in [0.29, 0.717) is 25.9 Å². The van der Waals surface area contributed by atoms with Crippen molar-refractivity contribution in [2.75, 3.05) is 19.6 Å². The molecular formula is C8H17Cl2FN2O. The molecule has 0 aromatic carbocycles. The number of piperidine rings is 1. The summed E-state index contributed by atoms with van der Waals surface area (Å²) in [6, 6.07) is 0. The van der Waals surface area contributed by atoms with Crippen molar-refractivity contribution < 1.29 is 9.18 Å². The third-order valence-corrected chi connectivity index (χ3v) is 2.15. The van der Waals surface area contributed by atoms with Gasteiger partial charge in [0.1, 0.15) is 5.67 Å². The van der Waals surface area contributed by atoms with Gasteiger partial charge in [0.25, 0.3) is 0 Å². The van der Waals surface area contributed by atoms with Gasteiger partial charge < -0.3 is 10.6 Å². The highest BCUT2D eigenvalue weighted by molar-refractivity contribution is 5.85. The number of carbonyl (C=O) groups excluding carboxylic acids is 1. The fourth-order valence-corrected chi connectivity index (χ4v) is 1.33. The quantitative estimate of drug-likeness (QED) is 0.766. The van der Waals surface area contributed by atoms with E-state index < -0.39 is 5.67 Å². The maximum Gasteiger partial charge on any atom is 0.216 e. The molecular weight excluding hydrogens is 230 g/mol. The summed E-state index contributed by atoms with van der Waals surface area (Å²) in [5, 5.41) is 5.59. The zero-order valence-electron chi connectivity index (χ0n) is 8.14. The molecule has 1 aliphatic heterocycles. The number of nitrogens with one attached hydrogen (secondary N) is 2. The standard InChI is InChI=1S/C8H15FN2O.2ClH/c1-7(12)11-6-8(9)2-4-10-5-3-8;;/h10H,2-6H2,1H3,(H,11,12);2*1H. The van der Waals surface area contributed by atoms with Crippen LogP contribution in [0.2, 0.25) is 0 Å². The molecule has 0 saturated carbocycles. The van der Waals surface area contributed by atoms with Crippen molar-refractivity contribution in [3.63, 3.8) is 0 Å². The van der Waals surface area contributed by atoms with E-state index in [1.54, 1.807) is 0 Å². The third kappa shape index (κ3) is 5.62. The molecule has 2 N–H and O–H groups in total. The Balaban J connectivity index is 0. The van der Waals surface area contributed by atoms with E-state index in [-0.39, 0.29) is 37.3 Å². The zero-order chi connectivity index (χ0) is 9.03. The Hall–Kier alpha value is -0.0600. The Morgan fingerprint density at radius 2 is 1.93 bits per heavy atom. The molecule has 0 aliphatic carbocycles. The molecule has 3 nitrogen and oxygen atoms in total. The van der Waals surface area contributed by atoms with Crippen LogP contribution in [0.25, 0.3) is 0 Å². The van der Waals surface area contributed by atoms with Crippen molar-refractivity contribution in [2.45, 2.75) is 25.4 Å². The third-order valence-electron chi connectivity index (χ3n) is 2.15. The molecule has 1 rings (SSSR count). The van der Waals surface area contributed by atoms with Gasteiger partial charge in [0, 0.05) is 6.92 Å². The molecule has 0 spiro atoms. The van der Waals surface area contributed by atoms with E-state index in [0.717, 1.165) is 0 Å². The minimum atomic E-state index is -1.18. The molecule has 0 atom stereocenters. The lowest BCUT2D eigenvalue weighted by Gasteiger charge is -2.29. The van der Waals surface area contributed by atoms with Gasteiger partial charge in [-0.1, -0.05) is 0 Å². The summed E-state index contributed by atoms with van der Waals surface area (Å²) >= 11 is 0. The molecule has 6 heteroatoms. The number of hydrogen-bond donors (Lipinski definition) is 2. The molecule has 0 radical (unpaired) electrons. The minimum absolute atomic E-state index is 0. The van der Waals surface area contributed by atoms with Crippen LogP contribution in [-0.4, -0.2) is 31.2 Å². The second-order valence-electron chi connectivity index (χ2n) is 3.31. The monoisotopic (exact) mass is 246 g/mol. The van der Waals surface area contributed by atoms with E-state index in [9.17, 15) is 9.18 Å². The average molecular weight is 247 g/mol. The highest BCUT2D eigenvalue weighted by atomic mass is 35.5. The van der Waals surface area contributed by atoms with Crippen LogP contribution >= 0.6 is 24.8 Å². The molecule has 1 fully saturated rings. The Morgan fingerprint density at radius 1 is 1.43 bits per heavy atom. The summed E-state index contributed by atoms with van der Waals surface area (Å²) in [5.41, 5.74) is -1.18. The van der Waals surface area contributed by atoms with Crippen molar-refractivity contribution in [3.8, 4) is 0 Å². The normalized spacial score (nSPS) is 18.7. The minimum Gasteiger partial charge on any atom is -0.353 e. The van der Waals surface area contributed by atoms with Crippen molar-refractivity contribution in [3.05, 3.63) is 0 Å². The van der Waals surface area contributed by atoms with Gasteiger partial charge in [-0.2, -0.15) is 0 Å². The predicted molar refractivity (Wildman–Crippen MR) is 59.1 cm³/mol. The second kappa shape index (κ2) is 7.26. The van der Waals surface area contributed by atoms with Gasteiger partial charge in [-0.3, -0.25) is 4.79 Å². The second-order valence-corrected chi connectivity index (χ2v) is 3.31. The Morgan fingerprint density at radius 3 is 2.36 bits per heavy atom. The topological polar surface area (TPSA) is 41.1 Å². The number of rotatable bonds is 2. The van der Waals surface area contributed by atoms with E-state index in [4.69, 9.17) is 0 Å². The van der Waals surface area contributed by atoms with Crippen LogP contribution in [-0.2, 0) is 4.79 Å². The van der Waals surface area contributed by atoms with Crippen molar-refractivity contribution in [2.24, 2.45) is 0 Å². The summed E-state index contributed by atoms with van der Waals surface area (Å²) in [5.74, 6) is -0.162. The summed E-state index contributed by atoms with van der Waals surface area (Å²) in [7, 11) is 0. The molecule has 0 aromatic heterocycles. The van der Waals surface area contributed by atoms with Gasteiger partial charge in [-0.25, -0.2) is 4.39 Å². The highest BCUT2D eigenvalue weighted by Gasteiger charge is 2.31. The zero-order valence-corrected chi connectivity index (χ0v) is 9.77. The molecule has 1 saturated heterocycles. The largest absolute Gasteiger partial charge is 0.353 e. The number of halogens is 3. The Bertz CT molecular complexity index is 175. The number of amides is 1. The van der Waals surface area contributed by atoms with Gasteiger partial charge in [0.15, 0.2) is 0 Å². The first-order chi connectivity index (χ1) is 5.62. The summed E-state index contributed by atoms with van der Waals surface area (Å²) in [4.78, 5) is 10.5. The molecule has 1 amide bonds. The van der Waals surface area contributed by atoms with Crippen LogP contribution in [0.3, 0.4) is 0 Å². The van der Waals surface area contributed by atoms with E-state index in [2.05, 4.69) is 10.6 Å². The van der Waals surface area contributed by atoms with Crippen LogP contribution < -0.4 is 10.6 Å². The van der Waals surface area contributed by atoms with E-state index in [1.165, 1.54) is 6.92 Å². The molecule has 0 aromatic rings. The van der Waals surface area contributed by atoms with Gasteiger partial charge in [-0.05, 0) is 25.9 Å². The highest BCUT2D eigenvalue weighted by Crippen LogP contribution is 2.21. The summed E-state index contributed by atoms with van der Waals surface area (Å²) in [6.07, 6.45) is 0.987. The van der Waals surface area contributed by atoms with Gasteiger partial charge in [0.2, 0.25) is 5.91 Å². The smallest absolute Gasteiger partial charge is 0.216 e. The van der Waals surface area contributed by atoms with Crippen LogP contribution in [0.1, 0.15) is 19.8 Å². The van der Waals surface area contributed by atoms with E-state index in [1.807, 2.05) is 0 Å². The van der Waals surface area contributed by atoms with Crippen LogP contribution in [0.15, 0.2) is 0 Å². The summed E-state index contributed by atoms with van der Waals surface area (Å²) in [6.45, 7) is 2.97. The van der Waals surface area contributed by atoms with Crippen LogP contribution in [0.4, 0.5) is 4.39 Å². The fraction of sp³-hybridized carbons (Fsp3) is 0.875. The van der Waals surface area contributed by atoms with Gasteiger partial charge >= 0.3 is 0 Å². The Labute approximate surface area is 96.0 Å². The van der Waals surface area contributed by atoms with Crippen LogP contribution in [0, 0.1) is 0 Å². The molecule has 0 bridgehead atoms. The fourth-order valence-electron chi connectivity index (χ4n) is 1.33. The SMILES string of the molecule is CC(=O)NCC1(F)CCNCC1.Cl.Cl. The van der Waals surface area contributed by atoms with E-state index >= 15 is 0 Å². The maximum absolute atomic E-state index is 13.7. The molecule has 86 valence electrons. The first kappa shape index (κ1) is 16.4. The predicted octanol–water partition coefficient (Wildman–Crippen LogP) is 1.06. The molecule has 14 heavy (non-hydrogen) atoms. The first-order valence-corrected chi connectivity index (χ1v) is 4.26. The number of hydrogen-bond acceptors (Lipinski definition) is 2. The molecule has 0 unspecified atom stereocenters. The average Bonchev–Trinajstić information content (AvgIpc) is 2.03. The maximum atomic E-state index is 13.7. The van der Waals surface area contributed by atoms with Crippen molar-refractivity contribution in [1.82, 2.24) is 10.6 Å². The Kier molecular flexibility index (Phi) is 8.49. The van der Waals surface area contributed by atoms with Gasteiger partial charge in [-0.15, -0.1) is 24.8 Å². The molecule has 1 heterocycles. The first-order valence-electron chi connectivity index (χ1n) is 4.26. The number of carbonyl (C=O) groups is 1. The lowest BCUT2D eigenvalue weighted by molar-refractivity contribution is -0.119.